The Balaban J connectivity index is 1.65. The van der Waals surface area contributed by atoms with Crippen LogP contribution in [-0.4, -0.2) is 35.4 Å². The van der Waals surface area contributed by atoms with Gasteiger partial charge in [-0.15, -0.1) is 0 Å². The maximum absolute atomic E-state index is 14.3. The zero-order chi connectivity index (χ0) is 29.4. The van der Waals surface area contributed by atoms with Crippen molar-refractivity contribution in [2.45, 2.75) is 26.1 Å². The zero-order valence-electron chi connectivity index (χ0n) is 22.3. The van der Waals surface area contributed by atoms with Gasteiger partial charge in [-0.05, 0) is 42.8 Å². The molecule has 6 N–H and O–H groups in total. The molecule has 1 aliphatic rings. The molecule has 3 aromatic rings. The summed E-state index contributed by atoms with van der Waals surface area (Å²) in [6.07, 6.45) is 3.53. The molecule has 0 spiro atoms. The largest absolute Gasteiger partial charge is 0.482 e. The van der Waals surface area contributed by atoms with E-state index in [0.29, 0.717) is 33.7 Å². The predicted octanol–water partition coefficient (Wildman–Crippen LogP) is 5.19. The summed E-state index contributed by atoms with van der Waals surface area (Å²) in [5.74, 6) is -0.444. The SMILES string of the molecule is C[C@H]1Oc2cc(cnc2N)/C(NCCC(=O)OCc2ccccc2)=C(/C=N)CN/C(=C\C(=N)Cl)c2ccc(F)cc21. The molecule has 0 fully saturated rings. The van der Waals surface area contributed by atoms with Crippen LogP contribution in [0.4, 0.5) is 10.2 Å². The van der Waals surface area contributed by atoms with Gasteiger partial charge in [0.15, 0.2) is 11.6 Å². The number of hydrogen-bond donors (Lipinski definition) is 5. The van der Waals surface area contributed by atoms with Gasteiger partial charge in [-0.3, -0.25) is 10.2 Å². The van der Waals surface area contributed by atoms with Crippen LogP contribution in [0.2, 0.25) is 0 Å². The number of allylic oxidation sites excluding steroid dienone is 1. The second-order valence-electron chi connectivity index (χ2n) is 9.23. The Labute approximate surface area is 242 Å². The van der Waals surface area contributed by atoms with Gasteiger partial charge in [-0.1, -0.05) is 41.9 Å². The van der Waals surface area contributed by atoms with Gasteiger partial charge in [0.25, 0.3) is 0 Å². The van der Waals surface area contributed by atoms with Crippen molar-refractivity contribution >= 4 is 46.2 Å². The van der Waals surface area contributed by atoms with Crippen molar-refractivity contribution in [2.75, 3.05) is 18.8 Å². The molecule has 212 valence electrons. The second-order valence-corrected chi connectivity index (χ2v) is 9.63. The number of benzene rings is 2. The summed E-state index contributed by atoms with van der Waals surface area (Å²) < 4.78 is 25.8. The number of aromatic nitrogens is 1. The molecule has 0 aliphatic carbocycles. The second kappa shape index (κ2) is 13.6. The summed E-state index contributed by atoms with van der Waals surface area (Å²) >= 11 is 5.93. The first-order valence-corrected chi connectivity index (χ1v) is 13.2. The lowest BCUT2D eigenvalue weighted by Crippen LogP contribution is -2.25. The van der Waals surface area contributed by atoms with Gasteiger partial charge in [0.1, 0.15) is 23.7 Å². The van der Waals surface area contributed by atoms with Crippen molar-refractivity contribution in [3.8, 4) is 5.75 Å². The van der Waals surface area contributed by atoms with Gasteiger partial charge >= 0.3 is 5.97 Å². The van der Waals surface area contributed by atoms with E-state index in [1.807, 2.05) is 30.3 Å². The van der Waals surface area contributed by atoms with Gasteiger partial charge in [-0.2, -0.15) is 0 Å². The predicted molar refractivity (Wildman–Crippen MR) is 158 cm³/mol. The number of carbonyl (C=O) groups excluding carboxylic acids is 1. The number of carbonyl (C=O) groups is 1. The molecule has 9 nitrogen and oxygen atoms in total. The molecule has 1 aromatic heterocycles. The third-order valence-electron chi connectivity index (χ3n) is 6.33. The summed E-state index contributed by atoms with van der Waals surface area (Å²) in [5.41, 5.74) is 10.1. The minimum atomic E-state index is -0.656. The van der Waals surface area contributed by atoms with Crippen molar-refractivity contribution < 1.29 is 18.7 Å². The van der Waals surface area contributed by atoms with E-state index in [0.717, 1.165) is 5.56 Å². The van der Waals surface area contributed by atoms with Crippen LogP contribution >= 0.6 is 11.6 Å². The fourth-order valence-electron chi connectivity index (χ4n) is 4.31. The number of nitrogens with zero attached hydrogens (tertiary/aromatic N) is 1. The number of hydrogen-bond acceptors (Lipinski definition) is 9. The molecule has 0 amide bonds. The van der Waals surface area contributed by atoms with Crippen LogP contribution in [0.5, 0.6) is 5.75 Å². The fourth-order valence-corrected chi connectivity index (χ4v) is 4.42. The lowest BCUT2D eigenvalue weighted by molar-refractivity contribution is -0.144. The molecule has 1 aliphatic heterocycles. The van der Waals surface area contributed by atoms with Gasteiger partial charge in [0.05, 0.1) is 6.42 Å². The van der Waals surface area contributed by atoms with Crippen LogP contribution in [0.3, 0.4) is 0 Å². The molecule has 41 heavy (non-hydrogen) atoms. The van der Waals surface area contributed by atoms with Crippen LogP contribution < -0.4 is 21.1 Å². The van der Waals surface area contributed by atoms with Gasteiger partial charge in [0.2, 0.25) is 0 Å². The average molecular weight is 577 g/mol. The van der Waals surface area contributed by atoms with E-state index >= 15 is 0 Å². The molecule has 0 radical (unpaired) electrons. The van der Waals surface area contributed by atoms with Crippen LogP contribution in [0.15, 0.2) is 72.4 Å². The average Bonchev–Trinajstić information content (AvgIpc) is 2.95. The van der Waals surface area contributed by atoms with Crippen LogP contribution in [0, 0.1) is 16.6 Å². The third kappa shape index (κ3) is 7.70. The quantitative estimate of drug-likeness (QED) is 0.183. The number of ether oxygens (including phenoxy) is 2. The zero-order valence-corrected chi connectivity index (χ0v) is 23.1. The molecule has 1 atom stereocenters. The molecule has 2 aromatic carbocycles. The summed E-state index contributed by atoms with van der Waals surface area (Å²) in [5, 5.41) is 22.2. The molecule has 0 unspecified atom stereocenters. The smallest absolute Gasteiger partial charge is 0.307 e. The number of esters is 1. The first kappa shape index (κ1) is 29.3. The topological polar surface area (TPSA) is 146 Å². The number of nitrogen functional groups attached to an aromatic ring is 1. The van der Waals surface area contributed by atoms with Crippen molar-refractivity contribution in [1.82, 2.24) is 15.6 Å². The molecule has 2 heterocycles. The van der Waals surface area contributed by atoms with E-state index in [1.165, 1.54) is 30.6 Å². The van der Waals surface area contributed by atoms with E-state index in [4.69, 9.17) is 37.6 Å². The molecule has 4 rings (SSSR count). The van der Waals surface area contributed by atoms with Crippen molar-refractivity contribution in [3.05, 3.63) is 101 Å². The number of nitrogens with one attached hydrogen (secondary N) is 4. The fraction of sp³-hybridized carbons (Fsp3) is 0.200. The molecule has 0 saturated carbocycles. The number of rotatable bonds is 8. The number of fused-ring (bicyclic) bond motifs is 3. The summed E-state index contributed by atoms with van der Waals surface area (Å²) in [6, 6.07) is 15.3. The molecule has 0 saturated heterocycles. The molecule has 11 heteroatoms. The van der Waals surface area contributed by atoms with Gasteiger partial charge in [-0.25, -0.2) is 9.37 Å². The minimum Gasteiger partial charge on any atom is -0.482 e. The number of pyridine rings is 1. The summed E-state index contributed by atoms with van der Waals surface area (Å²) in [6.45, 7) is 2.27. The summed E-state index contributed by atoms with van der Waals surface area (Å²) in [4.78, 5) is 16.7. The van der Waals surface area contributed by atoms with Gasteiger partial charge in [0, 0.05) is 59.2 Å². The lowest BCUT2D eigenvalue weighted by atomic mass is 9.99. The van der Waals surface area contributed by atoms with Gasteiger partial charge < -0.3 is 31.3 Å². The van der Waals surface area contributed by atoms with Crippen LogP contribution in [-0.2, 0) is 16.1 Å². The summed E-state index contributed by atoms with van der Waals surface area (Å²) in [7, 11) is 0. The minimum absolute atomic E-state index is 0.0747. The normalized spacial score (nSPS) is 17.6. The molecule has 2 bridgehead atoms. The van der Waals surface area contributed by atoms with E-state index in [1.54, 1.807) is 19.1 Å². The van der Waals surface area contributed by atoms with E-state index < -0.39 is 11.9 Å². The highest BCUT2D eigenvalue weighted by atomic mass is 35.5. The van der Waals surface area contributed by atoms with Crippen LogP contribution in [0.1, 0.15) is 41.7 Å². The Morgan fingerprint density at radius 1 is 1.29 bits per heavy atom. The first-order chi connectivity index (χ1) is 19.7. The molecular formula is C30H30ClFN6O3. The van der Waals surface area contributed by atoms with E-state index in [-0.39, 0.29) is 48.8 Å². The Morgan fingerprint density at radius 3 is 2.80 bits per heavy atom. The standard InChI is InChI=1S/C30H30ClFN6O3/c1-18-24-12-22(32)7-8-23(24)25(13-27(31)34)37-16-21(14-33)29(20-11-26(41-18)30(35)38-15-20)36-10-9-28(39)40-17-19-5-3-2-4-6-19/h2-8,11-15,18,33-34,36-37H,9-10,16-17H2,1H3,(H2,35,38)/b25-13-,29-21+,33-14?,34-27?/t18-/m1/s1. The number of anilines is 1. The maximum Gasteiger partial charge on any atom is 0.307 e. The highest BCUT2D eigenvalue weighted by molar-refractivity contribution is 6.68. The Hall–Kier alpha value is -4.70. The third-order valence-corrected chi connectivity index (χ3v) is 6.43. The highest BCUT2D eigenvalue weighted by Gasteiger charge is 2.21. The monoisotopic (exact) mass is 576 g/mol. The number of halogens is 2. The lowest BCUT2D eigenvalue weighted by Gasteiger charge is -2.24. The maximum atomic E-state index is 14.3. The van der Waals surface area contributed by atoms with E-state index in [9.17, 15) is 9.18 Å². The molecular weight excluding hydrogens is 547 g/mol. The Morgan fingerprint density at radius 2 is 2.07 bits per heavy atom. The van der Waals surface area contributed by atoms with Crippen molar-refractivity contribution in [2.24, 2.45) is 0 Å². The Bertz CT molecular complexity index is 1510. The van der Waals surface area contributed by atoms with Crippen LogP contribution in [0.25, 0.3) is 11.4 Å². The van der Waals surface area contributed by atoms with E-state index in [2.05, 4.69) is 15.6 Å². The van der Waals surface area contributed by atoms with Crippen molar-refractivity contribution in [3.63, 3.8) is 0 Å². The highest BCUT2D eigenvalue weighted by Crippen LogP contribution is 2.33. The number of nitrogens with two attached hydrogens (primary N) is 1. The van der Waals surface area contributed by atoms with Crippen molar-refractivity contribution in [1.29, 1.82) is 10.8 Å². The Kier molecular flexibility index (Phi) is 9.70. The first-order valence-electron chi connectivity index (χ1n) is 12.8.